The first-order valence-corrected chi connectivity index (χ1v) is 10.1. The molecule has 1 amide bonds. The average molecular weight is 435 g/mol. The number of anilines is 1. The number of hydrogen-bond acceptors (Lipinski definition) is 5. The van der Waals surface area contributed by atoms with Crippen molar-refractivity contribution >= 4 is 46.1 Å². The van der Waals surface area contributed by atoms with Crippen molar-refractivity contribution in [3.05, 3.63) is 50.4 Å². The Morgan fingerprint density at radius 2 is 2.17 bits per heavy atom. The third-order valence-electron chi connectivity index (χ3n) is 5.11. The lowest BCUT2D eigenvalue weighted by atomic mass is 10.1. The van der Waals surface area contributed by atoms with E-state index in [9.17, 15) is 9.59 Å². The molecule has 1 aliphatic heterocycles. The summed E-state index contributed by atoms with van der Waals surface area (Å²) in [5.41, 5.74) is 1.61. The van der Waals surface area contributed by atoms with Crippen molar-refractivity contribution in [3.8, 4) is 0 Å². The molecule has 0 saturated carbocycles. The van der Waals surface area contributed by atoms with Gasteiger partial charge in [-0.25, -0.2) is 4.98 Å². The van der Waals surface area contributed by atoms with Crippen LogP contribution < -0.4 is 10.9 Å². The van der Waals surface area contributed by atoms with Crippen LogP contribution in [0.2, 0.25) is 10.0 Å². The number of carbonyl (C=O) groups excluding carboxylic acids is 1. The molecule has 29 heavy (non-hydrogen) atoms. The fourth-order valence-electron chi connectivity index (χ4n) is 3.58. The highest BCUT2D eigenvalue weighted by molar-refractivity contribution is 6.42. The van der Waals surface area contributed by atoms with Gasteiger partial charge in [0, 0.05) is 33.1 Å². The van der Waals surface area contributed by atoms with E-state index in [1.807, 2.05) is 11.0 Å². The molecule has 0 radical (unpaired) electrons. The molecule has 4 rings (SSSR count). The Bertz CT molecular complexity index is 1130. The molecule has 1 fully saturated rings. The maximum Gasteiger partial charge on any atom is 0.278 e. The summed E-state index contributed by atoms with van der Waals surface area (Å²) in [4.78, 5) is 33.2. The summed E-state index contributed by atoms with van der Waals surface area (Å²) in [7, 11) is 0. The van der Waals surface area contributed by atoms with Gasteiger partial charge in [0.1, 0.15) is 5.52 Å². The first kappa shape index (κ1) is 19.7. The predicted molar refractivity (Wildman–Crippen MR) is 112 cm³/mol. The number of nitrogens with zero attached hydrogens (tertiary/aromatic N) is 4. The van der Waals surface area contributed by atoms with Gasteiger partial charge in [0.05, 0.1) is 16.2 Å². The van der Waals surface area contributed by atoms with E-state index >= 15 is 0 Å². The smallest absolute Gasteiger partial charge is 0.278 e. The second kappa shape index (κ2) is 8.04. The lowest BCUT2D eigenvalue weighted by Gasteiger charge is -2.14. The number of aromatic amines is 1. The van der Waals surface area contributed by atoms with Crippen molar-refractivity contribution in [2.24, 2.45) is 5.92 Å². The van der Waals surface area contributed by atoms with Crippen LogP contribution in [-0.4, -0.2) is 43.6 Å². The highest BCUT2D eigenvalue weighted by atomic mass is 35.5. The number of H-pyrrole nitrogens is 1. The van der Waals surface area contributed by atoms with Gasteiger partial charge in [0.25, 0.3) is 5.56 Å². The zero-order valence-corrected chi connectivity index (χ0v) is 17.3. The van der Waals surface area contributed by atoms with Gasteiger partial charge in [-0.3, -0.25) is 19.3 Å². The minimum atomic E-state index is -0.259. The van der Waals surface area contributed by atoms with Crippen molar-refractivity contribution in [3.63, 3.8) is 0 Å². The topological polar surface area (TPSA) is 95.9 Å². The van der Waals surface area contributed by atoms with E-state index in [1.54, 1.807) is 29.9 Å². The minimum Gasteiger partial charge on any atom is -0.352 e. The van der Waals surface area contributed by atoms with Gasteiger partial charge in [-0.2, -0.15) is 5.10 Å². The number of rotatable bonds is 5. The van der Waals surface area contributed by atoms with E-state index in [0.29, 0.717) is 46.7 Å². The van der Waals surface area contributed by atoms with Gasteiger partial charge >= 0.3 is 0 Å². The van der Waals surface area contributed by atoms with Gasteiger partial charge < -0.3 is 10.2 Å². The summed E-state index contributed by atoms with van der Waals surface area (Å²) in [5, 5.41) is 8.39. The predicted octanol–water partition coefficient (Wildman–Crippen LogP) is 2.91. The zero-order chi connectivity index (χ0) is 20.5. The molecule has 2 N–H and O–H groups in total. The second-order valence-corrected chi connectivity index (χ2v) is 8.01. The normalized spacial score (nSPS) is 16.5. The number of amides is 1. The molecule has 3 aromatic rings. The lowest BCUT2D eigenvalue weighted by molar-refractivity contribution is -0.127. The van der Waals surface area contributed by atoms with Crippen LogP contribution in [0.5, 0.6) is 0 Å². The lowest BCUT2D eigenvalue weighted by Crippen LogP contribution is -2.27. The molecule has 10 heteroatoms. The molecule has 8 nitrogen and oxygen atoms in total. The van der Waals surface area contributed by atoms with E-state index in [1.165, 1.54) is 0 Å². The maximum absolute atomic E-state index is 12.6. The van der Waals surface area contributed by atoms with Gasteiger partial charge in [0.2, 0.25) is 11.9 Å². The standard InChI is InChI=1S/C19H20Cl2N6O2/c1-11(28)26-5-4-13(9-26)10-27-17-16(8-23-27)24-19(25-18(17)29)22-7-12-2-3-14(20)15(21)6-12/h2-3,6,8,13H,4-5,7,9-10H2,1H3,(H2,22,24,25,29). The number of nitrogens with one attached hydrogen (secondary N) is 2. The molecule has 1 atom stereocenters. The Morgan fingerprint density at radius 1 is 1.34 bits per heavy atom. The minimum absolute atomic E-state index is 0.0787. The number of halogens is 2. The number of hydrogen-bond donors (Lipinski definition) is 2. The van der Waals surface area contributed by atoms with E-state index in [-0.39, 0.29) is 17.4 Å². The van der Waals surface area contributed by atoms with Gasteiger partial charge in [-0.15, -0.1) is 0 Å². The van der Waals surface area contributed by atoms with Crippen molar-refractivity contribution in [2.45, 2.75) is 26.4 Å². The molecule has 1 saturated heterocycles. The molecule has 1 aromatic carbocycles. The van der Waals surface area contributed by atoms with Gasteiger partial charge in [0.15, 0.2) is 5.52 Å². The second-order valence-electron chi connectivity index (χ2n) is 7.20. The van der Waals surface area contributed by atoms with Crippen LogP contribution in [0.25, 0.3) is 11.0 Å². The van der Waals surface area contributed by atoms with Crippen LogP contribution in [-0.2, 0) is 17.9 Å². The van der Waals surface area contributed by atoms with E-state index < -0.39 is 0 Å². The Balaban J connectivity index is 1.49. The molecule has 0 aliphatic carbocycles. The monoisotopic (exact) mass is 434 g/mol. The van der Waals surface area contributed by atoms with Crippen molar-refractivity contribution in [1.82, 2.24) is 24.6 Å². The Hall–Kier alpha value is -2.58. The van der Waals surface area contributed by atoms with Crippen LogP contribution in [0.15, 0.2) is 29.2 Å². The van der Waals surface area contributed by atoms with Crippen LogP contribution in [0.4, 0.5) is 5.95 Å². The fourth-order valence-corrected chi connectivity index (χ4v) is 3.90. The molecular formula is C19H20Cl2N6O2. The molecule has 0 spiro atoms. The quantitative estimate of drug-likeness (QED) is 0.643. The van der Waals surface area contributed by atoms with Crippen LogP contribution in [0.3, 0.4) is 0 Å². The largest absolute Gasteiger partial charge is 0.352 e. The molecule has 1 unspecified atom stereocenters. The first-order chi connectivity index (χ1) is 13.9. The molecule has 0 bridgehead atoms. The SMILES string of the molecule is CC(=O)N1CCC(Cn2ncc3nc(NCc4ccc(Cl)c(Cl)c4)[nH]c(=O)c32)C1. The van der Waals surface area contributed by atoms with Crippen LogP contribution >= 0.6 is 23.2 Å². The highest BCUT2D eigenvalue weighted by Crippen LogP contribution is 2.23. The number of fused-ring (bicyclic) bond motifs is 1. The van der Waals surface area contributed by atoms with Crippen molar-refractivity contribution in [2.75, 3.05) is 18.4 Å². The molecular weight excluding hydrogens is 415 g/mol. The Labute approximate surface area is 176 Å². The van der Waals surface area contributed by atoms with Gasteiger partial charge in [-0.1, -0.05) is 29.3 Å². The third-order valence-corrected chi connectivity index (χ3v) is 5.84. The summed E-state index contributed by atoms with van der Waals surface area (Å²) < 4.78 is 1.68. The zero-order valence-electron chi connectivity index (χ0n) is 15.8. The Morgan fingerprint density at radius 3 is 2.90 bits per heavy atom. The number of benzene rings is 1. The van der Waals surface area contributed by atoms with Crippen LogP contribution in [0.1, 0.15) is 18.9 Å². The summed E-state index contributed by atoms with van der Waals surface area (Å²) in [6.45, 7) is 4.02. The van der Waals surface area contributed by atoms with Crippen molar-refractivity contribution < 1.29 is 4.79 Å². The number of carbonyl (C=O) groups is 1. The molecule has 3 heterocycles. The summed E-state index contributed by atoms with van der Waals surface area (Å²) >= 11 is 12.0. The van der Waals surface area contributed by atoms with Gasteiger partial charge in [-0.05, 0) is 30.0 Å². The van der Waals surface area contributed by atoms with E-state index in [2.05, 4.69) is 20.4 Å². The number of likely N-dealkylation sites (tertiary alicyclic amines) is 1. The molecule has 1 aliphatic rings. The average Bonchev–Trinajstić information content (AvgIpc) is 3.31. The highest BCUT2D eigenvalue weighted by Gasteiger charge is 2.25. The summed E-state index contributed by atoms with van der Waals surface area (Å²) in [6, 6.07) is 5.33. The van der Waals surface area contributed by atoms with Crippen LogP contribution in [0, 0.1) is 5.92 Å². The van der Waals surface area contributed by atoms with E-state index in [4.69, 9.17) is 23.2 Å². The van der Waals surface area contributed by atoms with Crippen molar-refractivity contribution in [1.29, 1.82) is 0 Å². The number of aromatic nitrogens is 4. The molecule has 2 aromatic heterocycles. The third kappa shape index (κ3) is 4.23. The fraction of sp³-hybridized carbons (Fsp3) is 0.368. The Kier molecular flexibility index (Phi) is 5.47. The first-order valence-electron chi connectivity index (χ1n) is 9.30. The maximum atomic E-state index is 12.6. The summed E-state index contributed by atoms with van der Waals surface area (Å²) in [5.74, 6) is 0.709. The van der Waals surface area contributed by atoms with E-state index in [0.717, 1.165) is 18.5 Å². The molecule has 152 valence electrons. The summed E-state index contributed by atoms with van der Waals surface area (Å²) in [6.07, 6.45) is 2.49.